The normalized spacial score (nSPS) is 20.1. The third-order valence-electron chi connectivity index (χ3n) is 5.75. The summed E-state index contributed by atoms with van der Waals surface area (Å²) in [4.78, 5) is 17.4. The second kappa shape index (κ2) is 9.65. The van der Waals surface area contributed by atoms with Crippen molar-refractivity contribution in [1.82, 2.24) is 19.2 Å². The molecule has 2 heterocycles. The van der Waals surface area contributed by atoms with Crippen LogP contribution in [0.2, 0.25) is 0 Å². The van der Waals surface area contributed by atoms with E-state index in [0.29, 0.717) is 5.82 Å². The van der Waals surface area contributed by atoms with E-state index in [2.05, 4.69) is 10.3 Å². The van der Waals surface area contributed by atoms with Gasteiger partial charge in [0, 0.05) is 43.7 Å². The summed E-state index contributed by atoms with van der Waals surface area (Å²) in [6, 6.07) is 11.1. The second-order valence-electron chi connectivity index (χ2n) is 8.43. The number of amides is 1. The average Bonchev–Trinajstić information content (AvgIpc) is 3.23. The number of ether oxygens (including phenoxy) is 1. The minimum absolute atomic E-state index is 0.0973. The summed E-state index contributed by atoms with van der Waals surface area (Å²) in [5.74, 6) is -0.478. The number of aryl methyl sites for hydroxylation is 1. The average molecular weight is 487 g/mol. The van der Waals surface area contributed by atoms with Crippen molar-refractivity contribution < 1.29 is 22.3 Å². The molecule has 0 saturated carbocycles. The van der Waals surface area contributed by atoms with E-state index in [4.69, 9.17) is 4.74 Å². The van der Waals surface area contributed by atoms with Crippen LogP contribution in [0.4, 0.5) is 4.39 Å². The van der Waals surface area contributed by atoms with Gasteiger partial charge in [-0.05, 0) is 44.2 Å². The number of benzene rings is 2. The number of nitrogens with zero attached hydrogens (tertiary/aromatic N) is 3. The number of halogens is 1. The van der Waals surface area contributed by atoms with Crippen LogP contribution in [-0.4, -0.2) is 53.5 Å². The van der Waals surface area contributed by atoms with Gasteiger partial charge in [0.2, 0.25) is 10.0 Å². The lowest BCUT2D eigenvalue weighted by molar-refractivity contribution is -0.0440. The van der Waals surface area contributed by atoms with Crippen molar-refractivity contribution >= 4 is 15.9 Å². The van der Waals surface area contributed by atoms with Crippen molar-refractivity contribution in [2.45, 2.75) is 37.0 Å². The molecular weight excluding hydrogens is 459 g/mol. The van der Waals surface area contributed by atoms with Crippen molar-refractivity contribution in [3.63, 3.8) is 0 Å². The highest BCUT2D eigenvalue weighted by molar-refractivity contribution is 7.89. The maximum absolute atomic E-state index is 14.6. The number of sulfonamides is 1. The molecule has 1 aromatic heterocycles. The first-order chi connectivity index (χ1) is 16.2. The molecule has 1 amide bonds. The number of imidazole rings is 1. The van der Waals surface area contributed by atoms with E-state index >= 15 is 0 Å². The van der Waals surface area contributed by atoms with Gasteiger partial charge in [-0.3, -0.25) is 4.79 Å². The molecule has 3 atom stereocenters. The molecule has 1 fully saturated rings. The van der Waals surface area contributed by atoms with Crippen LogP contribution >= 0.6 is 0 Å². The van der Waals surface area contributed by atoms with Gasteiger partial charge in [0.25, 0.3) is 5.91 Å². The SMILES string of the molecule is C[C@@H]1CN(S(=O)(=O)c2ccc(C(=O)N[C@@H](c3ccccc3F)c3nccn3C)cc2)C[C@H](C)O1. The zero-order chi connectivity index (χ0) is 24.5. The van der Waals surface area contributed by atoms with Gasteiger partial charge in [0.05, 0.1) is 17.1 Å². The first-order valence-electron chi connectivity index (χ1n) is 10.9. The molecule has 34 heavy (non-hydrogen) atoms. The Bertz CT molecular complexity index is 1270. The van der Waals surface area contributed by atoms with Crippen LogP contribution in [0.5, 0.6) is 0 Å². The summed E-state index contributed by atoms with van der Waals surface area (Å²) < 4.78 is 49.4. The summed E-state index contributed by atoms with van der Waals surface area (Å²) in [5, 5.41) is 2.83. The zero-order valence-corrected chi connectivity index (χ0v) is 20.0. The standard InChI is InChI=1S/C24H27FN4O4S/c1-16-14-29(15-17(2)33-16)34(31,32)19-10-8-18(9-11-19)24(30)27-22(23-26-12-13-28(23)3)20-6-4-5-7-21(20)25/h4-13,16-17,22H,14-15H2,1-3H3,(H,27,30)/t16-,17+,22-/m0/s1. The van der Waals surface area contributed by atoms with E-state index in [9.17, 15) is 17.6 Å². The van der Waals surface area contributed by atoms with E-state index in [1.54, 1.807) is 42.2 Å². The number of rotatable bonds is 6. The maximum atomic E-state index is 14.6. The quantitative estimate of drug-likeness (QED) is 0.578. The number of aromatic nitrogens is 2. The topological polar surface area (TPSA) is 93.5 Å². The van der Waals surface area contributed by atoms with Crippen molar-refractivity contribution in [3.8, 4) is 0 Å². The predicted octanol–water partition coefficient (Wildman–Crippen LogP) is 2.88. The second-order valence-corrected chi connectivity index (χ2v) is 10.4. The molecule has 0 aliphatic carbocycles. The highest BCUT2D eigenvalue weighted by atomic mass is 32.2. The van der Waals surface area contributed by atoms with E-state index in [-0.39, 0.29) is 41.3 Å². The Hall–Kier alpha value is -3.08. The van der Waals surface area contributed by atoms with Crippen LogP contribution in [0.1, 0.15) is 41.6 Å². The third-order valence-corrected chi connectivity index (χ3v) is 7.59. The van der Waals surface area contributed by atoms with Crippen LogP contribution in [0.3, 0.4) is 0 Å². The van der Waals surface area contributed by atoms with Gasteiger partial charge >= 0.3 is 0 Å². The van der Waals surface area contributed by atoms with Gasteiger partial charge in [0.1, 0.15) is 17.7 Å². The Morgan fingerprint density at radius 1 is 1.12 bits per heavy atom. The molecule has 180 valence electrons. The Labute approximate surface area is 198 Å². The summed E-state index contributed by atoms with van der Waals surface area (Å²) in [7, 11) is -1.97. The molecule has 1 aliphatic heterocycles. The third kappa shape index (κ3) is 4.89. The fourth-order valence-corrected chi connectivity index (χ4v) is 5.71. The highest BCUT2D eigenvalue weighted by Crippen LogP contribution is 2.25. The first-order valence-corrected chi connectivity index (χ1v) is 12.4. The Kier molecular flexibility index (Phi) is 6.83. The lowest BCUT2D eigenvalue weighted by Crippen LogP contribution is -2.48. The van der Waals surface area contributed by atoms with Crippen molar-refractivity contribution in [2.75, 3.05) is 13.1 Å². The van der Waals surface area contributed by atoms with Crippen LogP contribution in [0.15, 0.2) is 65.8 Å². The van der Waals surface area contributed by atoms with Crippen LogP contribution in [0, 0.1) is 5.82 Å². The summed E-state index contributed by atoms with van der Waals surface area (Å²) in [6.45, 7) is 4.20. The number of nitrogens with one attached hydrogen (secondary N) is 1. The molecule has 0 spiro atoms. The van der Waals surface area contributed by atoms with Gasteiger partial charge in [-0.25, -0.2) is 17.8 Å². The number of morpholine rings is 1. The molecule has 10 heteroatoms. The van der Waals surface area contributed by atoms with E-state index in [1.165, 1.54) is 34.6 Å². The fourth-order valence-electron chi connectivity index (χ4n) is 4.11. The molecule has 1 N–H and O–H groups in total. The molecule has 8 nitrogen and oxygen atoms in total. The molecule has 0 bridgehead atoms. The van der Waals surface area contributed by atoms with Gasteiger partial charge in [-0.15, -0.1) is 0 Å². The number of hydrogen-bond donors (Lipinski definition) is 1. The largest absolute Gasteiger partial charge is 0.373 e. The van der Waals surface area contributed by atoms with Crippen LogP contribution in [0.25, 0.3) is 0 Å². The monoisotopic (exact) mass is 486 g/mol. The van der Waals surface area contributed by atoms with Crippen LogP contribution in [-0.2, 0) is 21.8 Å². The van der Waals surface area contributed by atoms with Crippen molar-refractivity contribution in [2.24, 2.45) is 7.05 Å². The van der Waals surface area contributed by atoms with Gasteiger partial charge in [0.15, 0.2) is 0 Å². The number of carbonyl (C=O) groups excluding carboxylic acids is 1. The first kappa shape index (κ1) is 24.1. The zero-order valence-electron chi connectivity index (χ0n) is 19.2. The Balaban J connectivity index is 1.57. The molecule has 4 rings (SSSR count). The fraction of sp³-hybridized carbons (Fsp3) is 0.333. The molecular formula is C24H27FN4O4S. The van der Waals surface area contributed by atoms with Gasteiger partial charge in [-0.1, -0.05) is 18.2 Å². The molecule has 1 saturated heterocycles. The summed E-state index contributed by atoms with van der Waals surface area (Å²) in [5.41, 5.74) is 0.526. The Morgan fingerprint density at radius 2 is 1.76 bits per heavy atom. The summed E-state index contributed by atoms with van der Waals surface area (Å²) >= 11 is 0. The Morgan fingerprint density at radius 3 is 2.35 bits per heavy atom. The maximum Gasteiger partial charge on any atom is 0.252 e. The number of hydrogen-bond acceptors (Lipinski definition) is 5. The van der Waals surface area contributed by atoms with E-state index in [1.807, 2.05) is 13.8 Å². The minimum Gasteiger partial charge on any atom is -0.373 e. The lowest BCUT2D eigenvalue weighted by Gasteiger charge is -2.34. The molecule has 1 aliphatic rings. The molecule has 2 aromatic carbocycles. The molecule has 3 aromatic rings. The molecule has 0 radical (unpaired) electrons. The van der Waals surface area contributed by atoms with Gasteiger partial charge in [-0.2, -0.15) is 4.31 Å². The van der Waals surface area contributed by atoms with Crippen LogP contribution < -0.4 is 5.32 Å². The summed E-state index contributed by atoms with van der Waals surface area (Å²) in [6.07, 6.45) is 2.88. The highest BCUT2D eigenvalue weighted by Gasteiger charge is 2.32. The smallest absolute Gasteiger partial charge is 0.252 e. The predicted molar refractivity (Wildman–Crippen MR) is 124 cm³/mol. The van der Waals surface area contributed by atoms with E-state index in [0.717, 1.165) is 0 Å². The van der Waals surface area contributed by atoms with Crippen molar-refractivity contribution in [1.29, 1.82) is 0 Å². The lowest BCUT2D eigenvalue weighted by atomic mass is 10.0. The minimum atomic E-state index is -3.72. The number of carbonyl (C=O) groups is 1. The van der Waals surface area contributed by atoms with Gasteiger partial charge < -0.3 is 14.6 Å². The van der Waals surface area contributed by atoms with E-state index < -0.39 is 27.8 Å². The molecule has 0 unspecified atom stereocenters. The van der Waals surface area contributed by atoms with Crippen molar-refractivity contribution in [3.05, 3.63) is 83.7 Å².